The molecule has 0 aliphatic carbocycles. The molecular weight excluding hydrogens is 706 g/mol. The Kier molecular flexibility index (Phi) is 26.1. The average molecular weight is 767 g/mol. The number of carbonyl (C=O) groups excluding carboxylic acids is 3. The number of alkyl halides is 2. The highest BCUT2D eigenvalue weighted by Gasteiger charge is 2.46. The van der Waals surface area contributed by atoms with Crippen LogP contribution in [0.3, 0.4) is 0 Å². The van der Waals surface area contributed by atoms with Crippen LogP contribution in [0.4, 0.5) is 4.39 Å². The predicted octanol–water partition coefficient (Wildman–Crippen LogP) is 8.39. The number of aliphatic hydroxyl groups is 1. The van der Waals surface area contributed by atoms with Crippen LogP contribution >= 0.6 is 22.6 Å². The van der Waals surface area contributed by atoms with Crippen molar-refractivity contribution in [3.05, 3.63) is 37.6 Å². The lowest BCUT2D eigenvalue weighted by Crippen LogP contribution is -2.46. The Morgan fingerprint density at radius 1 is 0.870 bits per heavy atom. The zero-order valence-electron chi connectivity index (χ0n) is 28.6. The number of esters is 3. The van der Waals surface area contributed by atoms with Gasteiger partial charge in [-0.1, -0.05) is 66.7 Å². The van der Waals surface area contributed by atoms with Gasteiger partial charge in [-0.25, -0.2) is 0 Å². The van der Waals surface area contributed by atoms with Gasteiger partial charge in [-0.2, -0.15) is 0 Å². The van der Waals surface area contributed by atoms with Gasteiger partial charge in [-0.15, -0.1) is 6.58 Å². The normalized spacial score (nSPS) is 15.3. The number of unbranched alkanes of at least 4 members (excludes halogenated alkanes) is 3. The van der Waals surface area contributed by atoms with Crippen molar-refractivity contribution in [2.45, 2.75) is 117 Å². The molecule has 266 valence electrons. The van der Waals surface area contributed by atoms with E-state index in [0.29, 0.717) is 64.4 Å². The summed E-state index contributed by atoms with van der Waals surface area (Å²) in [5.41, 5.74) is -2.10. The molecule has 0 aromatic rings. The molecule has 0 fully saturated rings. The molecule has 0 spiro atoms. The van der Waals surface area contributed by atoms with Crippen molar-refractivity contribution in [1.29, 1.82) is 0 Å². The first-order chi connectivity index (χ1) is 22.2. The van der Waals surface area contributed by atoms with E-state index in [9.17, 15) is 23.9 Å². The number of aliphatic hydroxyl groups excluding tert-OH is 1. The summed E-state index contributed by atoms with van der Waals surface area (Å²) in [6.07, 6.45) is 14.1. The van der Waals surface area contributed by atoms with Gasteiger partial charge in [0.2, 0.25) is 0 Å². The molecule has 0 rings (SSSR count). The topological polar surface area (TPSA) is 108 Å². The van der Waals surface area contributed by atoms with E-state index in [0.717, 1.165) is 36.4 Å². The van der Waals surface area contributed by atoms with Gasteiger partial charge in [0, 0.05) is 6.61 Å². The van der Waals surface area contributed by atoms with Gasteiger partial charge < -0.3 is 24.1 Å². The van der Waals surface area contributed by atoms with Gasteiger partial charge in [-0.05, 0) is 95.3 Å². The Balaban J connectivity index is 6.21. The van der Waals surface area contributed by atoms with Gasteiger partial charge in [0.15, 0.2) is 0 Å². The highest BCUT2D eigenvalue weighted by atomic mass is 127. The van der Waals surface area contributed by atoms with E-state index in [4.69, 9.17) is 18.9 Å². The van der Waals surface area contributed by atoms with Crippen molar-refractivity contribution in [2.24, 2.45) is 16.7 Å². The van der Waals surface area contributed by atoms with Gasteiger partial charge in [0.1, 0.15) is 0 Å². The second-order valence-corrected chi connectivity index (χ2v) is 12.7. The maximum Gasteiger partial charge on any atom is 0.319 e. The number of ether oxygens (including phenoxy) is 4. The number of hydrogen-bond acceptors (Lipinski definition) is 8. The van der Waals surface area contributed by atoms with Crippen LogP contribution < -0.4 is 0 Å². The minimum absolute atomic E-state index is 0.0187. The summed E-state index contributed by atoms with van der Waals surface area (Å²) >= 11 is 2.32. The summed E-state index contributed by atoms with van der Waals surface area (Å²) in [6, 6.07) is 0. The molecule has 46 heavy (non-hydrogen) atoms. The number of halogens is 2. The van der Waals surface area contributed by atoms with Crippen LogP contribution in [0.1, 0.15) is 111 Å². The molecule has 8 nitrogen and oxygen atoms in total. The molecule has 0 bridgehead atoms. The SMILES string of the molecule is C=CCC[C@@H](/C=C\CCC(CCCCCF)(C(=O)OC=C)C(CO)OCC)CCC(CCCCI)(CC(=O)OCC)C(=O)OCC. The van der Waals surface area contributed by atoms with Crippen LogP contribution in [-0.2, 0) is 33.3 Å². The minimum atomic E-state index is -1.13. The zero-order chi connectivity index (χ0) is 34.7. The molecule has 0 aromatic carbocycles. The zero-order valence-corrected chi connectivity index (χ0v) is 30.7. The lowest BCUT2D eigenvalue weighted by molar-refractivity contribution is -0.166. The highest BCUT2D eigenvalue weighted by molar-refractivity contribution is 14.1. The average Bonchev–Trinajstić information content (AvgIpc) is 3.04. The molecule has 0 aliphatic rings. The smallest absolute Gasteiger partial charge is 0.319 e. The van der Waals surface area contributed by atoms with Crippen LogP contribution in [0, 0.1) is 16.7 Å². The largest absolute Gasteiger partial charge is 0.466 e. The Morgan fingerprint density at radius 2 is 1.59 bits per heavy atom. The second-order valence-electron chi connectivity index (χ2n) is 11.6. The van der Waals surface area contributed by atoms with Gasteiger partial charge >= 0.3 is 17.9 Å². The van der Waals surface area contributed by atoms with E-state index in [1.54, 1.807) is 20.8 Å². The van der Waals surface area contributed by atoms with Gasteiger partial charge in [0.05, 0.1) is 56.1 Å². The third-order valence-electron chi connectivity index (χ3n) is 8.44. The molecule has 0 radical (unpaired) electrons. The molecule has 0 heterocycles. The van der Waals surface area contributed by atoms with Crippen LogP contribution in [-0.4, -0.2) is 66.6 Å². The van der Waals surface area contributed by atoms with E-state index in [1.165, 1.54) is 0 Å². The summed E-state index contributed by atoms with van der Waals surface area (Å²) in [7, 11) is 0. The molecule has 0 saturated carbocycles. The molecule has 0 saturated heterocycles. The Hall–Kier alpha value is -1.79. The first-order valence-corrected chi connectivity index (χ1v) is 18.5. The van der Waals surface area contributed by atoms with Gasteiger partial charge in [0.25, 0.3) is 0 Å². The van der Waals surface area contributed by atoms with Crippen LogP contribution in [0.25, 0.3) is 0 Å². The number of carbonyl (C=O) groups is 3. The van der Waals surface area contributed by atoms with E-state index < -0.39 is 35.5 Å². The van der Waals surface area contributed by atoms with E-state index in [2.05, 4.69) is 41.8 Å². The standard InChI is InChI=1S/C36H60FIO8/c1-6-11-19-30(21-25-35(22-16-18-27-38,33(41)45-9-4)28-32(40)44-8-3)20-13-15-24-36(34(42)46-10-5,23-14-12-17-26-37)31(29-39)43-7-2/h6,10,13,20,30-31,39H,1,5,7-9,11-12,14-19,21-29H2,2-4H3/b20-13-/t30-,31?,35?,36?/m0/s1. The Bertz CT molecular complexity index is 897. The summed E-state index contributed by atoms with van der Waals surface area (Å²) in [4.78, 5) is 39.5. The fraction of sp³-hybridized carbons (Fsp3) is 0.750. The molecule has 3 unspecified atom stereocenters. The first kappa shape index (κ1) is 44.2. The molecule has 0 aliphatic heterocycles. The fourth-order valence-electron chi connectivity index (χ4n) is 5.94. The minimum Gasteiger partial charge on any atom is -0.466 e. The van der Waals surface area contributed by atoms with Gasteiger partial charge in [-0.3, -0.25) is 18.8 Å². The van der Waals surface area contributed by atoms with Crippen molar-refractivity contribution in [3.8, 4) is 0 Å². The van der Waals surface area contributed by atoms with Crippen LogP contribution in [0.5, 0.6) is 0 Å². The van der Waals surface area contributed by atoms with E-state index in [1.807, 2.05) is 12.2 Å². The van der Waals surface area contributed by atoms with E-state index >= 15 is 0 Å². The molecule has 0 aromatic heterocycles. The van der Waals surface area contributed by atoms with Crippen molar-refractivity contribution in [1.82, 2.24) is 0 Å². The molecule has 1 N–H and O–H groups in total. The lowest BCUT2D eigenvalue weighted by Gasteiger charge is -2.37. The molecule has 4 atom stereocenters. The fourth-order valence-corrected chi connectivity index (χ4v) is 6.48. The quantitative estimate of drug-likeness (QED) is 0.0148. The number of allylic oxidation sites excluding steroid dienone is 3. The molecular formula is C36H60FIO8. The summed E-state index contributed by atoms with van der Waals surface area (Å²) < 4.78 is 35.7. The molecule has 0 amide bonds. The Morgan fingerprint density at radius 3 is 2.17 bits per heavy atom. The third kappa shape index (κ3) is 16.4. The molecule has 10 heteroatoms. The highest BCUT2D eigenvalue weighted by Crippen LogP contribution is 2.40. The summed E-state index contributed by atoms with van der Waals surface area (Å²) in [5.74, 6) is -1.19. The summed E-state index contributed by atoms with van der Waals surface area (Å²) in [6.45, 7) is 12.7. The van der Waals surface area contributed by atoms with Crippen molar-refractivity contribution < 1.29 is 42.8 Å². The Labute approximate surface area is 291 Å². The lowest BCUT2D eigenvalue weighted by atomic mass is 9.73. The summed E-state index contributed by atoms with van der Waals surface area (Å²) in [5, 5.41) is 10.2. The maximum atomic E-state index is 13.4. The third-order valence-corrected chi connectivity index (χ3v) is 9.20. The monoisotopic (exact) mass is 766 g/mol. The predicted molar refractivity (Wildman–Crippen MR) is 189 cm³/mol. The first-order valence-electron chi connectivity index (χ1n) is 17.0. The maximum absolute atomic E-state index is 13.4. The van der Waals surface area contributed by atoms with Crippen molar-refractivity contribution in [3.63, 3.8) is 0 Å². The van der Waals surface area contributed by atoms with Crippen LogP contribution in [0.2, 0.25) is 0 Å². The number of rotatable bonds is 30. The van der Waals surface area contributed by atoms with Crippen molar-refractivity contribution >= 4 is 40.5 Å². The van der Waals surface area contributed by atoms with Crippen LogP contribution in [0.15, 0.2) is 37.6 Å². The van der Waals surface area contributed by atoms with E-state index in [-0.39, 0.29) is 38.1 Å². The van der Waals surface area contributed by atoms with Crippen molar-refractivity contribution in [2.75, 3.05) is 37.5 Å². The number of hydrogen-bond donors (Lipinski definition) is 1. The second kappa shape index (κ2) is 27.2.